The number of aromatic nitrogens is 2. The minimum Gasteiger partial charge on any atom is -0.346 e. The molecule has 3 rings (SSSR count). The molecule has 1 aromatic carbocycles. The summed E-state index contributed by atoms with van der Waals surface area (Å²) in [5, 5.41) is 5.58. The van der Waals surface area contributed by atoms with Crippen LogP contribution in [0.4, 0.5) is 5.69 Å². The Bertz CT molecular complexity index is 720. The van der Waals surface area contributed by atoms with Gasteiger partial charge in [-0.25, -0.2) is 4.98 Å². The van der Waals surface area contributed by atoms with Crippen LogP contribution in [0.3, 0.4) is 0 Å². The summed E-state index contributed by atoms with van der Waals surface area (Å²) in [6.45, 7) is 4.47. The zero-order valence-corrected chi connectivity index (χ0v) is 11.9. The lowest BCUT2D eigenvalue weighted by atomic mass is 10.2. The lowest BCUT2D eigenvalue weighted by molar-refractivity contribution is 0.0895. The molecule has 6 nitrogen and oxygen atoms in total. The van der Waals surface area contributed by atoms with Crippen molar-refractivity contribution in [2.24, 2.45) is 0 Å². The molecule has 0 saturated heterocycles. The average Bonchev–Trinajstić information content (AvgIpc) is 2.82. The molecule has 1 atom stereocenters. The van der Waals surface area contributed by atoms with E-state index in [-0.39, 0.29) is 23.6 Å². The molecule has 2 N–H and O–H groups in total. The van der Waals surface area contributed by atoms with Gasteiger partial charge in [-0.05, 0) is 31.5 Å². The van der Waals surface area contributed by atoms with Crippen LogP contribution in [0.15, 0.2) is 30.6 Å². The third kappa shape index (κ3) is 2.52. The van der Waals surface area contributed by atoms with E-state index in [1.54, 1.807) is 10.6 Å². The second-order valence-corrected chi connectivity index (χ2v) is 5.29. The standard InChI is InChI=1S/C15H16N4O2/c1-9-4-3-5-11(6-9)18-14(20)12-13-15(21)17-10(2)7-19(13)8-16-12/h3-6,8,10H,7H2,1-2H3,(H,17,21)(H,18,20)/t10-/m1/s1. The van der Waals surface area contributed by atoms with E-state index in [2.05, 4.69) is 15.6 Å². The number of rotatable bonds is 2. The normalized spacial score (nSPS) is 17.0. The molecule has 0 spiro atoms. The molecule has 6 heteroatoms. The summed E-state index contributed by atoms with van der Waals surface area (Å²) in [7, 11) is 0. The van der Waals surface area contributed by atoms with Crippen LogP contribution in [0.25, 0.3) is 0 Å². The third-order valence-electron chi connectivity index (χ3n) is 3.39. The van der Waals surface area contributed by atoms with Crippen LogP contribution in [0.1, 0.15) is 33.5 Å². The smallest absolute Gasteiger partial charge is 0.276 e. The highest BCUT2D eigenvalue weighted by atomic mass is 16.2. The molecule has 2 aromatic rings. The molecule has 1 aliphatic heterocycles. The number of fused-ring (bicyclic) bond motifs is 1. The van der Waals surface area contributed by atoms with E-state index in [0.717, 1.165) is 5.56 Å². The molecule has 1 aromatic heterocycles. The number of hydrogen-bond acceptors (Lipinski definition) is 3. The number of carbonyl (C=O) groups is 2. The van der Waals surface area contributed by atoms with Gasteiger partial charge in [0.15, 0.2) is 5.69 Å². The predicted molar refractivity (Wildman–Crippen MR) is 78.3 cm³/mol. The number of nitrogens with one attached hydrogen (secondary N) is 2. The zero-order valence-electron chi connectivity index (χ0n) is 11.9. The van der Waals surface area contributed by atoms with Crippen molar-refractivity contribution in [1.82, 2.24) is 14.9 Å². The first-order chi connectivity index (χ1) is 10.0. The molecular weight excluding hydrogens is 268 g/mol. The molecule has 1 aliphatic rings. The van der Waals surface area contributed by atoms with Gasteiger partial charge < -0.3 is 15.2 Å². The van der Waals surface area contributed by atoms with Gasteiger partial charge in [0.2, 0.25) is 0 Å². The molecule has 0 saturated carbocycles. The van der Waals surface area contributed by atoms with Gasteiger partial charge in [-0.15, -0.1) is 0 Å². The number of carbonyl (C=O) groups excluding carboxylic acids is 2. The van der Waals surface area contributed by atoms with Crippen molar-refractivity contribution in [3.05, 3.63) is 47.5 Å². The monoisotopic (exact) mass is 284 g/mol. The molecule has 108 valence electrons. The lowest BCUT2D eigenvalue weighted by Crippen LogP contribution is -2.42. The van der Waals surface area contributed by atoms with Gasteiger partial charge >= 0.3 is 0 Å². The van der Waals surface area contributed by atoms with Gasteiger partial charge in [0.25, 0.3) is 11.8 Å². The van der Waals surface area contributed by atoms with Crippen LogP contribution in [-0.4, -0.2) is 27.4 Å². The quantitative estimate of drug-likeness (QED) is 0.879. The van der Waals surface area contributed by atoms with Crippen LogP contribution in [0, 0.1) is 6.92 Å². The minimum atomic E-state index is -0.376. The number of anilines is 1. The Hall–Kier alpha value is -2.63. The maximum absolute atomic E-state index is 12.3. The van der Waals surface area contributed by atoms with E-state index in [1.165, 1.54) is 6.33 Å². The maximum atomic E-state index is 12.3. The number of hydrogen-bond donors (Lipinski definition) is 2. The molecule has 0 bridgehead atoms. The zero-order chi connectivity index (χ0) is 15.0. The van der Waals surface area contributed by atoms with Crippen molar-refractivity contribution < 1.29 is 9.59 Å². The van der Waals surface area contributed by atoms with Crippen molar-refractivity contribution in [1.29, 1.82) is 0 Å². The second kappa shape index (κ2) is 5.05. The van der Waals surface area contributed by atoms with Gasteiger partial charge in [0.1, 0.15) is 5.69 Å². The molecule has 0 unspecified atom stereocenters. The van der Waals surface area contributed by atoms with Crippen LogP contribution in [0.2, 0.25) is 0 Å². The first-order valence-electron chi connectivity index (χ1n) is 6.78. The number of benzene rings is 1. The Morgan fingerprint density at radius 1 is 1.48 bits per heavy atom. The van der Waals surface area contributed by atoms with E-state index in [9.17, 15) is 9.59 Å². The van der Waals surface area contributed by atoms with E-state index < -0.39 is 0 Å². The number of nitrogens with zero attached hydrogens (tertiary/aromatic N) is 2. The highest BCUT2D eigenvalue weighted by molar-refractivity contribution is 6.10. The Labute approximate surface area is 122 Å². The second-order valence-electron chi connectivity index (χ2n) is 5.29. The molecule has 21 heavy (non-hydrogen) atoms. The van der Waals surface area contributed by atoms with Crippen LogP contribution in [-0.2, 0) is 6.54 Å². The van der Waals surface area contributed by atoms with Crippen LogP contribution < -0.4 is 10.6 Å². The number of aryl methyl sites for hydroxylation is 1. The summed E-state index contributed by atoms with van der Waals surface area (Å²) in [6.07, 6.45) is 1.54. The first kappa shape index (κ1) is 13.4. The van der Waals surface area contributed by atoms with Crippen molar-refractivity contribution in [3.63, 3.8) is 0 Å². The lowest BCUT2D eigenvalue weighted by Gasteiger charge is -2.22. The first-order valence-corrected chi connectivity index (χ1v) is 6.78. The maximum Gasteiger partial charge on any atom is 0.276 e. The largest absolute Gasteiger partial charge is 0.346 e. The van der Waals surface area contributed by atoms with E-state index >= 15 is 0 Å². The summed E-state index contributed by atoms with van der Waals surface area (Å²) < 4.78 is 1.72. The van der Waals surface area contributed by atoms with E-state index in [0.29, 0.717) is 17.9 Å². The summed E-state index contributed by atoms with van der Waals surface area (Å²) in [6, 6.07) is 7.51. The molecule has 0 radical (unpaired) electrons. The molecule has 2 heterocycles. The third-order valence-corrected chi connectivity index (χ3v) is 3.39. The fraction of sp³-hybridized carbons (Fsp3) is 0.267. The van der Waals surface area contributed by atoms with Gasteiger partial charge in [0, 0.05) is 18.3 Å². The summed E-state index contributed by atoms with van der Waals surface area (Å²) >= 11 is 0. The van der Waals surface area contributed by atoms with Gasteiger partial charge in [-0.2, -0.15) is 0 Å². The van der Waals surface area contributed by atoms with E-state index in [1.807, 2.05) is 32.0 Å². The van der Waals surface area contributed by atoms with Crippen molar-refractivity contribution in [2.45, 2.75) is 26.4 Å². The molecule has 0 aliphatic carbocycles. The van der Waals surface area contributed by atoms with Crippen molar-refractivity contribution in [3.8, 4) is 0 Å². The Kier molecular flexibility index (Phi) is 3.21. The summed E-state index contributed by atoms with van der Waals surface area (Å²) in [5.41, 5.74) is 2.21. The van der Waals surface area contributed by atoms with Gasteiger partial charge in [0.05, 0.1) is 6.33 Å². The highest BCUT2D eigenvalue weighted by Gasteiger charge is 2.28. The number of amides is 2. The SMILES string of the molecule is Cc1cccc(NC(=O)c2ncn3c2C(=O)N[C@H](C)C3)c1. The average molecular weight is 284 g/mol. The summed E-state index contributed by atoms with van der Waals surface area (Å²) in [5.74, 6) is -0.639. The molecule has 0 fully saturated rings. The fourth-order valence-corrected chi connectivity index (χ4v) is 2.47. The fourth-order valence-electron chi connectivity index (χ4n) is 2.47. The van der Waals surface area contributed by atoms with Gasteiger partial charge in [-0.1, -0.05) is 12.1 Å². The Balaban J connectivity index is 1.88. The van der Waals surface area contributed by atoms with E-state index in [4.69, 9.17) is 0 Å². The Morgan fingerprint density at radius 2 is 2.29 bits per heavy atom. The van der Waals surface area contributed by atoms with Crippen molar-refractivity contribution in [2.75, 3.05) is 5.32 Å². The molecular formula is C15H16N4O2. The number of imidazole rings is 1. The van der Waals surface area contributed by atoms with Gasteiger partial charge in [-0.3, -0.25) is 9.59 Å². The topological polar surface area (TPSA) is 76.0 Å². The Morgan fingerprint density at radius 3 is 3.05 bits per heavy atom. The van der Waals surface area contributed by atoms with Crippen LogP contribution in [0.5, 0.6) is 0 Å². The minimum absolute atomic E-state index is 0.0342. The highest BCUT2D eigenvalue weighted by Crippen LogP contribution is 2.16. The van der Waals surface area contributed by atoms with Crippen molar-refractivity contribution >= 4 is 17.5 Å². The predicted octanol–water partition coefficient (Wildman–Crippen LogP) is 1.58. The summed E-state index contributed by atoms with van der Waals surface area (Å²) in [4.78, 5) is 28.4. The molecule has 2 amide bonds. The van der Waals surface area contributed by atoms with Crippen LogP contribution >= 0.6 is 0 Å².